The molecule has 0 bridgehead atoms. The Labute approximate surface area is 160 Å². The molecule has 24 heavy (non-hydrogen) atoms. The summed E-state index contributed by atoms with van der Waals surface area (Å²) in [5, 5.41) is 7.61. The minimum atomic E-state index is -2.90. The predicted molar refractivity (Wildman–Crippen MR) is 111 cm³/mol. The van der Waals surface area contributed by atoms with Crippen molar-refractivity contribution in [2.24, 2.45) is 4.99 Å². The molecule has 0 radical (unpaired) electrons. The molecule has 2 rings (SSSR count). The second-order valence-electron chi connectivity index (χ2n) is 5.52. The molecule has 0 fully saturated rings. The fourth-order valence-electron chi connectivity index (χ4n) is 2.42. The number of fused-ring (bicyclic) bond motifs is 1. The molecule has 0 aliphatic rings. The molecule has 0 saturated heterocycles. The van der Waals surface area contributed by atoms with Crippen LogP contribution in [0.2, 0.25) is 0 Å². The van der Waals surface area contributed by atoms with Gasteiger partial charge in [-0.25, -0.2) is 8.42 Å². The zero-order valence-electron chi connectivity index (χ0n) is 14.0. The van der Waals surface area contributed by atoms with Crippen LogP contribution in [-0.4, -0.2) is 51.5 Å². The summed E-state index contributed by atoms with van der Waals surface area (Å²) in [6.45, 7) is 1.34. The van der Waals surface area contributed by atoms with Crippen molar-refractivity contribution in [2.75, 3.05) is 32.1 Å². The lowest BCUT2D eigenvalue weighted by Crippen LogP contribution is -2.39. The van der Waals surface area contributed by atoms with Crippen molar-refractivity contribution < 1.29 is 8.42 Å². The van der Waals surface area contributed by atoms with Crippen molar-refractivity contribution >= 4 is 50.7 Å². The van der Waals surface area contributed by atoms with Crippen LogP contribution in [0.4, 0.5) is 0 Å². The number of aromatic amines is 1. The van der Waals surface area contributed by atoms with Crippen LogP contribution in [0, 0.1) is 0 Å². The summed E-state index contributed by atoms with van der Waals surface area (Å²) in [6, 6.07) is 8.23. The number of rotatable bonds is 7. The van der Waals surface area contributed by atoms with Crippen LogP contribution in [0.15, 0.2) is 35.5 Å². The Morgan fingerprint density at radius 3 is 2.62 bits per heavy atom. The molecule has 1 aromatic carbocycles. The quantitative estimate of drug-likeness (QED) is 0.253. The summed E-state index contributed by atoms with van der Waals surface area (Å²) < 4.78 is 22.2. The first-order valence-electron chi connectivity index (χ1n) is 7.67. The Kier molecular flexibility index (Phi) is 8.54. The third-order valence-corrected chi connectivity index (χ3v) is 4.60. The van der Waals surface area contributed by atoms with Crippen molar-refractivity contribution in [3.05, 3.63) is 36.0 Å². The van der Waals surface area contributed by atoms with Gasteiger partial charge in [-0.05, 0) is 24.5 Å². The Morgan fingerprint density at radius 2 is 1.92 bits per heavy atom. The lowest BCUT2D eigenvalue weighted by molar-refractivity contribution is 0.598. The summed E-state index contributed by atoms with van der Waals surface area (Å²) in [5.74, 6) is 0.880. The molecule has 2 aromatic rings. The molecule has 8 heteroatoms. The van der Waals surface area contributed by atoms with Gasteiger partial charge in [0.1, 0.15) is 9.84 Å². The molecule has 0 aliphatic heterocycles. The van der Waals surface area contributed by atoms with E-state index in [0.29, 0.717) is 18.9 Å². The Balaban J connectivity index is 0.00000288. The Hall–Kier alpha value is -1.29. The van der Waals surface area contributed by atoms with Gasteiger partial charge in [0.25, 0.3) is 0 Å². The average molecular weight is 464 g/mol. The number of sulfone groups is 1. The molecule has 6 nitrogen and oxygen atoms in total. The minimum Gasteiger partial charge on any atom is -0.361 e. The topological polar surface area (TPSA) is 86.3 Å². The molecule has 134 valence electrons. The first kappa shape index (κ1) is 20.8. The van der Waals surface area contributed by atoms with E-state index in [4.69, 9.17) is 0 Å². The molecule has 0 amide bonds. The number of nitrogens with one attached hydrogen (secondary N) is 3. The van der Waals surface area contributed by atoms with E-state index in [9.17, 15) is 8.42 Å². The molecule has 1 heterocycles. The van der Waals surface area contributed by atoms with E-state index in [1.807, 2.05) is 18.3 Å². The maximum absolute atomic E-state index is 11.1. The Morgan fingerprint density at radius 1 is 1.21 bits per heavy atom. The summed E-state index contributed by atoms with van der Waals surface area (Å²) in [6.07, 6.45) is 4.74. The van der Waals surface area contributed by atoms with Crippen LogP contribution >= 0.6 is 24.0 Å². The summed E-state index contributed by atoms with van der Waals surface area (Å²) in [5.41, 5.74) is 2.41. The van der Waals surface area contributed by atoms with Gasteiger partial charge in [-0.2, -0.15) is 0 Å². The molecule has 3 N–H and O–H groups in total. The fraction of sp³-hybridized carbons (Fsp3) is 0.438. The number of aliphatic imine (C=N–C) groups is 1. The second kappa shape index (κ2) is 9.87. The molecular weight excluding hydrogens is 439 g/mol. The van der Waals surface area contributed by atoms with Crippen molar-refractivity contribution in [3.63, 3.8) is 0 Å². The summed E-state index contributed by atoms with van der Waals surface area (Å²) in [4.78, 5) is 7.41. The molecular formula is C16H25IN4O2S. The second-order valence-corrected chi connectivity index (χ2v) is 7.78. The summed E-state index contributed by atoms with van der Waals surface area (Å²) >= 11 is 0. The first-order valence-corrected chi connectivity index (χ1v) is 9.73. The molecule has 0 spiro atoms. The van der Waals surface area contributed by atoms with Gasteiger partial charge < -0.3 is 15.6 Å². The highest BCUT2D eigenvalue weighted by molar-refractivity contribution is 14.0. The number of hydrogen-bond donors (Lipinski definition) is 3. The number of nitrogens with zero attached hydrogens (tertiary/aromatic N) is 1. The Bertz CT molecular complexity index is 771. The minimum absolute atomic E-state index is 0. The molecule has 0 aliphatic carbocycles. The predicted octanol–water partition coefficient (Wildman–Crippen LogP) is 1.93. The fourth-order valence-corrected chi connectivity index (χ4v) is 3.08. The standard InChI is InChI=1S/C16H24N4O2S.HI/c1-17-16(18-9-5-11-23(2,21)22)19-10-8-13-12-20-15-7-4-3-6-14(13)15;/h3-4,6-7,12,20H,5,8-11H2,1-2H3,(H2,17,18,19);1H. The van der Waals surface area contributed by atoms with Crippen molar-refractivity contribution in [1.29, 1.82) is 0 Å². The van der Waals surface area contributed by atoms with Gasteiger partial charge in [-0.15, -0.1) is 24.0 Å². The highest BCUT2D eigenvalue weighted by Crippen LogP contribution is 2.17. The number of aromatic nitrogens is 1. The molecule has 0 atom stereocenters. The molecule has 1 aromatic heterocycles. The lowest BCUT2D eigenvalue weighted by Gasteiger charge is -2.11. The molecule has 0 saturated carbocycles. The van der Waals surface area contributed by atoms with E-state index in [0.717, 1.165) is 18.5 Å². The van der Waals surface area contributed by atoms with Gasteiger partial charge in [0.2, 0.25) is 0 Å². The maximum atomic E-state index is 11.1. The lowest BCUT2D eigenvalue weighted by atomic mass is 10.1. The van der Waals surface area contributed by atoms with Gasteiger partial charge in [-0.3, -0.25) is 4.99 Å². The number of H-pyrrole nitrogens is 1. The first-order chi connectivity index (χ1) is 11.0. The molecule has 0 unspecified atom stereocenters. The van der Waals surface area contributed by atoms with Crippen LogP contribution in [0.5, 0.6) is 0 Å². The third-order valence-electron chi connectivity index (χ3n) is 3.57. The van der Waals surface area contributed by atoms with E-state index in [2.05, 4.69) is 32.7 Å². The SMILES string of the molecule is CN=C(NCCCS(C)(=O)=O)NCCc1c[nH]c2ccccc12.I. The third kappa shape index (κ3) is 6.68. The summed E-state index contributed by atoms with van der Waals surface area (Å²) in [7, 11) is -1.19. The van der Waals surface area contributed by atoms with E-state index in [1.165, 1.54) is 17.2 Å². The van der Waals surface area contributed by atoms with Crippen LogP contribution in [0.1, 0.15) is 12.0 Å². The van der Waals surface area contributed by atoms with Crippen LogP contribution in [-0.2, 0) is 16.3 Å². The van der Waals surface area contributed by atoms with Crippen molar-refractivity contribution in [1.82, 2.24) is 15.6 Å². The van der Waals surface area contributed by atoms with E-state index >= 15 is 0 Å². The largest absolute Gasteiger partial charge is 0.361 e. The normalized spacial score (nSPS) is 12.0. The van der Waals surface area contributed by atoms with Crippen molar-refractivity contribution in [3.8, 4) is 0 Å². The van der Waals surface area contributed by atoms with Gasteiger partial charge in [0, 0.05) is 43.5 Å². The van der Waals surface area contributed by atoms with Crippen LogP contribution in [0.25, 0.3) is 10.9 Å². The van der Waals surface area contributed by atoms with Gasteiger partial charge in [-0.1, -0.05) is 18.2 Å². The number of guanidine groups is 1. The highest BCUT2D eigenvalue weighted by atomic mass is 127. The highest BCUT2D eigenvalue weighted by Gasteiger charge is 2.04. The van der Waals surface area contributed by atoms with E-state index in [1.54, 1.807) is 7.05 Å². The van der Waals surface area contributed by atoms with Gasteiger partial charge in [0.05, 0.1) is 5.75 Å². The van der Waals surface area contributed by atoms with Gasteiger partial charge in [0.15, 0.2) is 5.96 Å². The van der Waals surface area contributed by atoms with Crippen LogP contribution < -0.4 is 10.6 Å². The van der Waals surface area contributed by atoms with Crippen LogP contribution in [0.3, 0.4) is 0 Å². The smallest absolute Gasteiger partial charge is 0.190 e. The number of hydrogen-bond acceptors (Lipinski definition) is 3. The zero-order chi connectivity index (χ0) is 16.7. The number of benzene rings is 1. The number of halogens is 1. The van der Waals surface area contributed by atoms with Crippen molar-refractivity contribution in [2.45, 2.75) is 12.8 Å². The zero-order valence-corrected chi connectivity index (χ0v) is 17.1. The van der Waals surface area contributed by atoms with Gasteiger partial charge >= 0.3 is 0 Å². The average Bonchev–Trinajstić information content (AvgIpc) is 2.92. The monoisotopic (exact) mass is 464 g/mol. The van der Waals surface area contributed by atoms with E-state index < -0.39 is 9.84 Å². The number of para-hydroxylation sites is 1. The maximum Gasteiger partial charge on any atom is 0.190 e. The van der Waals surface area contributed by atoms with E-state index in [-0.39, 0.29) is 29.7 Å².